The first-order valence-electron chi connectivity index (χ1n) is 8.86. The summed E-state index contributed by atoms with van der Waals surface area (Å²) in [6, 6.07) is 1.84. The second-order valence-corrected chi connectivity index (χ2v) is 8.08. The van der Waals surface area contributed by atoms with E-state index in [4.69, 9.17) is 0 Å². The molecule has 1 aromatic carbocycles. The average molecular weight is 362 g/mol. The van der Waals surface area contributed by atoms with Crippen molar-refractivity contribution in [3.63, 3.8) is 0 Å². The maximum Gasteiger partial charge on any atom is 0.380 e. The highest BCUT2D eigenvalue weighted by atomic mass is 19.3. The highest BCUT2D eigenvalue weighted by Crippen LogP contribution is 2.63. The third-order valence-corrected chi connectivity index (χ3v) is 6.50. The highest BCUT2D eigenvalue weighted by Gasteiger charge is 2.79. The predicted octanol–water partition coefficient (Wildman–Crippen LogP) is 6.06. The SMILES string of the molecule is CC1CCC(C2Cc3cc4c(cc3C2)C(F)(F)C(F)(F)C4(F)F)CC1. The van der Waals surface area contributed by atoms with E-state index in [0.29, 0.717) is 35.8 Å². The van der Waals surface area contributed by atoms with E-state index in [1.165, 1.54) is 0 Å². The summed E-state index contributed by atoms with van der Waals surface area (Å²) < 4.78 is 82.9. The maximum atomic E-state index is 13.9. The van der Waals surface area contributed by atoms with E-state index in [0.717, 1.165) is 37.8 Å². The molecule has 0 aromatic heterocycles. The van der Waals surface area contributed by atoms with Crippen LogP contribution in [0.1, 0.15) is 54.9 Å². The molecule has 0 unspecified atom stereocenters. The van der Waals surface area contributed by atoms with Gasteiger partial charge in [-0.05, 0) is 66.7 Å². The van der Waals surface area contributed by atoms with E-state index < -0.39 is 28.9 Å². The van der Waals surface area contributed by atoms with Crippen LogP contribution in [0, 0.1) is 17.8 Å². The van der Waals surface area contributed by atoms with Crippen LogP contribution >= 0.6 is 0 Å². The molecule has 0 bridgehead atoms. The molecule has 3 aliphatic carbocycles. The van der Waals surface area contributed by atoms with Crippen LogP contribution in [-0.2, 0) is 24.7 Å². The van der Waals surface area contributed by atoms with Crippen LogP contribution in [0.4, 0.5) is 26.3 Å². The zero-order chi connectivity index (χ0) is 18.2. The molecule has 0 saturated heterocycles. The molecule has 0 amide bonds. The van der Waals surface area contributed by atoms with Crippen molar-refractivity contribution in [3.8, 4) is 0 Å². The van der Waals surface area contributed by atoms with Crippen molar-refractivity contribution in [3.05, 3.63) is 34.4 Å². The zero-order valence-corrected chi connectivity index (χ0v) is 13.9. The number of benzene rings is 1. The van der Waals surface area contributed by atoms with Crippen LogP contribution in [0.3, 0.4) is 0 Å². The molecule has 4 rings (SSSR count). The van der Waals surface area contributed by atoms with Crippen molar-refractivity contribution in [1.29, 1.82) is 0 Å². The Labute approximate surface area is 142 Å². The Morgan fingerprint density at radius 2 is 1.16 bits per heavy atom. The van der Waals surface area contributed by atoms with Crippen LogP contribution in [0.5, 0.6) is 0 Å². The highest BCUT2D eigenvalue weighted by molar-refractivity contribution is 5.51. The number of fused-ring (bicyclic) bond motifs is 2. The number of hydrogen-bond donors (Lipinski definition) is 0. The first-order valence-corrected chi connectivity index (χ1v) is 8.86. The number of halogens is 6. The molecule has 0 aliphatic heterocycles. The molecular weight excluding hydrogens is 342 g/mol. The van der Waals surface area contributed by atoms with Gasteiger partial charge in [-0.15, -0.1) is 0 Å². The summed E-state index contributed by atoms with van der Waals surface area (Å²) in [6.07, 6.45) is 5.41. The fraction of sp³-hybridized carbons (Fsp3) is 0.684. The first-order chi connectivity index (χ1) is 11.6. The van der Waals surface area contributed by atoms with E-state index >= 15 is 0 Å². The molecule has 1 saturated carbocycles. The summed E-state index contributed by atoms with van der Waals surface area (Å²) in [5, 5.41) is 0. The van der Waals surface area contributed by atoms with Crippen LogP contribution in [0.2, 0.25) is 0 Å². The fourth-order valence-corrected chi connectivity index (χ4v) is 4.85. The number of rotatable bonds is 1. The molecule has 0 radical (unpaired) electrons. The van der Waals surface area contributed by atoms with E-state index in [-0.39, 0.29) is 5.92 Å². The minimum absolute atomic E-state index is 0.243. The van der Waals surface area contributed by atoms with Crippen molar-refractivity contribution in [2.75, 3.05) is 0 Å². The molecule has 138 valence electrons. The average Bonchev–Trinajstić information content (AvgIpc) is 3.00. The van der Waals surface area contributed by atoms with E-state index in [1.807, 2.05) is 0 Å². The smallest absolute Gasteiger partial charge is 0.194 e. The molecule has 0 heterocycles. The summed E-state index contributed by atoms with van der Waals surface area (Å²) in [6.45, 7) is 2.20. The topological polar surface area (TPSA) is 0 Å². The third-order valence-electron chi connectivity index (χ3n) is 6.50. The van der Waals surface area contributed by atoms with Crippen LogP contribution in [0.25, 0.3) is 0 Å². The van der Waals surface area contributed by atoms with Gasteiger partial charge in [0.2, 0.25) is 0 Å². The molecule has 0 spiro atoms. The minimum atomic E-state index is -5.38. The Bertz CT molecular complexity index is 653. The van der Waals surface area contributed by atoms with E-state index in [2.05, 4.69) is 6.92 Å². The van der Waals surface area contributed by atoms with Gasteiger partial charge in [-0.3, -0.25) is 0 Å². The van der Waals surface area contributed by atoms with E-state index in [9.17, 15) is 26.3 Å². The van der Waals surface area contributed by atoms with Crippen LogP contribution in [0.15, 0.2) is 12.1 Å². The summed E-state index contributed by atoms with van der Waals surface area (Å²) in [7, 11) is 0. The maximum absolute atomic E-state index is 13.9. The summed E-state index contributed by atoms with van der Waals surface area (Å²) in [4.78, 5) is 0. The quantitative estimate of drug-likeness (QED) is 0.533. The molecule has 3 aliphatic rings. The monoisotopic (exact) mass is 362 g/mol. The lowest BCUT2D eigenvalue weighted by atomic mass is 9.75. The van der Waals surface area contributed by atoms with Gasteiger partial charge >= 0.3 is 17.8 Å². The molecule has 0 nitrogen and oxygen atoms in total. The van der Waals surface area contributed by atoms with Gasteiger partial charge in [0.25, 0.3) is 0 Å². The molecule has 1 fully saturated rings. The van der Waals surface area contributed by atoms with Crippen LogP contribution in [-0.4, -0.2) is 5.92 Å². The molecular formula is C19H20F6. The lowest BCUT2D eigenvalue weighted by Gasteiger charge is -2.30. The van der Waals surface area contributed by atoms with Gasteiger partial charge < -0.3 is 0 Å². The molecule has 6 heteroatoms. The van der Waals surface area contributed by atoms with Gasteiger partial charge in [0.05, 0.1) is 0 Å². The lowest BCUT2D eigenvalue weighted by Crippen LogP contribution is -2.43. The van der Waals surface area contributed by atoms with Crippen molar-refractivity contribution in [1.82, 2.24) is 0 Å². The second-order valence-electron chi connectivity index (χ2n) is 8.08. The Morgan fingerprint density at radius 1 is 0.720 bits per heavy atom. The third kappa shape index (κ3) is 2.21. The Balaban J connectivity index is 1.66. The van der Waals surface area contributed by atoms with Gasteiger partial charge in [0, 0.05) is 11.1 Å². The predicted molar refractivity (Wildman–Crippen MR) is 81.2 cm³/mol. The standard InChI is InChI=1S/C19H20F6/c1-10-2-4-11(5-3-10)12-6-13-8-15-16(9-14(13)7-12)18(22,23)19(24,25)17(15,20)21/h8-12H,2-7H2,1H3. The van der Waals surface area contributed by atoms with Gasteiger partial charge in [0.15, 0.2) is 0 Å². The summed E-state index contributed by atoms with van der Waals surface area (Å²) >= 11 is 0. The molecule has 0 atom stereocenters. The lowest BCUT2D eigenvalue weighted by molar-refractivity contribution is -0.302. The van der Waals surface area contributed by atoms with Crippen molar-refractivity contribution < 1.29 is 26.3 Å². The Hall–Kier alpha value is -1.20. The van der Waals surface area contributed by atoms with Gasteiger partial charge in [-0.25, -0.2) is 0 Å². The van der Waals surface area contributed by atoms with Gasteiger partial charge in [-0.2, -0.15) is 26.3 Å². The van der Waals surface area contributed by atoms with Crippen LogP contribution < -0.4 is 0 Å². The fourth-order valence-electron chi connectivity index (χ4n) is 4.85. The molecule has 25 heavy (non-hydrogen) atoms. The Kier molecular flexibility index (Phi) is 3.56. The number of hydrogen-bond acceptors (Lipinski definition) is 0. The zero-order valence-electron chi connectivity index (χ0n) is 13.9. The largest absolute Gasteiger partial charge is 0.380 e. The van der Waals surface area contributed by atoms with Crippen molar-refractivity contribution in [2.24, 2.45) is 17.8 Å². The van der Waals surface area contributed by atoms with Gasteiger partial charge in [-0.1, -0.05) is 19.8 Å². The summed E-state index contributed by atoms with van der Waals surface area (Å²) in [5.41, 5.74) is -1.32. The minimum Gasteiger partial charge on any atom is -0.194 e. The van der Waals surface area contributed by atoms with Crippen molar-refractivity contribution in [2.45, 2.75) is 63.2 Å². The van der Waals surface area contributed by atoms with Gasteiger partial charge in [0.1, 0.15) is 0 Å². The first kappa shape index (κ1) is 17.2. The molecule has 1 aromatic rings. The second kappa shape index (κ2) is 5.17. The Morgan fingerprint density at radius 3 is 1.60 bits per heavy atom. The summed E-state index contributed by atoms with van der Waals surface area (Å²) in [5.74, 6) is -13.7. The number of alkyl halides is 6. The molecule has 0 N–H and O–H groups in total. The normalized spacial score (nSPS) is 32.4. The van der Waals surface area contributed by atoms with Crippen molar-refractivity contribution >= 4 is 0 Å². The van der Waals surface area contributed by atoms with E-state index in [1.54, 1.807) is 0 Å².